The van der Waals surface area contributed by atoms with E-state index in [4.69, 9.17) is 0 Å². The van der Waals surface area contributed by atoms with Gasteiger partial charge in [-0.05, 0) is 35.7 Å². The SMILES string of the molecule is Cc1ccc(C(=O)N2Cc3ccccc3[C@@H](c3ccccc3)C2)c(=O)[nH]1. The summed E-state index contributed by atoms with van der Waals surface area (Å²) in [5, 5.41) is 0. The van der Waals surface area contributed by atoms with Crippen LogP contribution in [0.25, 0.3) is 0 Å². The van der Waals surface area contributed by atoms with Crippen LogP contribution in [-0.4, -0.2) is 22.3 Å². The molecule has 0 saturated heterocycles. The quantitative estimate of drug-likeness (QED) is 0.774. The van der Waals surface area contributed by atoms with Crippen LogP contribution in [0, 0.1) is 6.92 Å². The van der Waals surface area contributed by atoms with E-state index in [0.717, 1.165) is 11.3 Å². The van der Waals surface area contributed by atoms with Gasteiger partial charge in [-0.2, -0.15) is 0 Å². The third-order valence-electron chi connectivity index (χ3n) is 4.97. The van der Waals surface area contributed by atoms with E-state index >= 15 is 0 Å². The zero-order valence-electron chi connectivity index (χ0n) is 14.6. The molecule has 0 saturated carbocycles. The van der Waals surface area contributed by atoms with Crippen LogP contribution in [0.2, 0.25) is 0 Å². The molecule has 4 heteroatoms. The minimum absolute atomic E-state index is 0.106. The molecule has 0 spiro atoms. The topological polar surface area (TPSA) is 53.2 Å². The van der Waals surface area contributed by atoms with Crippen molar-refractivity contribution in [3.05, 3.63) is 105 Å². The van der Waals surface area contributed by atoms with Gasteiger partial charge in [-0.1, -0.05) is 54.6 Å². The zero-order chi connectivity index (χ0) is 18.1. The molecule has 130 valence electrons. The van der Waals surface area contributed by atoms with E-state index in [-0.39, 0.29) is 22.9 Å². The van der Waals surface area contributed by atoms with Crippen molar-refractivity contribution in [2.45, 2.75) is 19.4 Å². The molecule has 1 aliphatic heterocycles. The molecule has 0 bridgehead atoms. The van der Waals surface area contributed by atoms with Gasteiger partial charge in [0.1, 0.15) is 5.56 Å². The van der Waals surface area contributed by atoms with Crippen molar-refractivity contribution in [2.75, 3.05) is 6.54 Å². The highest BCUT2D eigenvalue weighted by molar-refractivity contribution is 5.94. The second-order valence-corrected chi connectivity index (χ2v) is 6.73. The van der Waals surface area contributed by atoms with Crippen LogP contribution in [0.15, 0.2) is 71.5 Å². The number of fused-ring (bicyclic) bond motifs is 1. The molecule has 26 heavy (non-hydrogen) atoms. The first-order valence-corrected chi connectivity index (χ1v) is 8.75. The van der Waals surface area contributed by atoms with E-state index in [9.17, 15) is 9.59 Å². The molecule has 4 rings (SSSR count). The molecule has 0 radical (unpaired) electrons. The number of pyridine rings is 1. The van der Waals surface area contributed by atoms with Gasteiger partial charge in [0, 0.05) is 24.7 Å². The zero-order valence-corrected chi connectivity index (χ0v) is 14.6. The lowest BCUT2D eigenvalue weighted by Crippen LogP contribution is -2.40. The standard InChI is InChI=1S/C22H20N2O2/c1-15-11-12-19(21(25)23-15)22(26)24-13-17-9-5-6-10-18(17)20(14-24)16-7-3-2-4-8-16/h2-12,20H,13-14H2,1H3,(H,23,25)/t20-/m1/s1. The monoisotopic (exact) mass is 344 g/mol. The molecule has 1 aromatic heterocycles. The predicted molar refractivity (Wildman–Crippen MR) is 101 cm³/mol. The summed E-state index contributed by atoms with van der Waals surface area (Å²) in [6.45, 7) is 2.89. The van der Waals surface area contributed by atoms with Crippen LogP contribution in [0.4, 0.5) is 0 Å². The van der Waals surface area contributed by atoms with Crippen molar-refractivity contribution in [2.24, 2.45) is 0 Å². The Bertz CT molecular complexity index is 1010. The highest BCUT2D eigenvalue weighted by Crippen LogP contribution is 2.33. The number of rotatable bonds is 2. The summed E-state index contributed by atoms with van der Waals surface area (Å²) in [5.74, 6) is -0.115. The Kier molecular flexibility index (Phi) is 4.17. The van der Waals surface area contributed by atoms with Gasteiger partial charge in [0.2, 0.25) is 0 Å². The van der Waals surface area contributed by atoms with Crippen molar-refractivity contribution in [3.63, 3.8) is 0 Å². The minimum atomic E-state index is -0.329. The summed E-state index contributed by atoms with van der Waals surface area (Å²) < 4.78 is 0. The molecule has 1 N–H and O–H groups in total. The number of aromatic nitrogens is 1. The van der Waals surface area contributed by atoms with Gasteiger partial charge >= 0.3 is 0 Å². The van der Waals surface area contributed by atoms with Crippen LogP contribution >= 0.6 is 0 Å². The number of carbonyl (C=O) groups is 1. The van der Waals surface area contributed by atoms with Crippen molar-refractivity contribution < 1.29 is 4.79 Å². The maximum atomic E-state index is 13.0. The summed E-state index contributed by atoms with van der Waals surface area (Å²) in [5.41, 5.74) is 4.17. The van der Waals surface area contributed by atoms with Crippen LogP contribution in [0.3, 0.4) is 0 Å². The van der Waals surface area contributed by atoms with E-state index in [1.54, 1.807) is 24.0 Å². The Morgan fingerprint density at radius 1 is 1.00 bits per heavy atom. The third-order valence-corrected chi connectivity index (χ3v) is 4.97. The van der Waals surface area contributed by atoms with Crippen molar-refractivity contribution >= 4 is 5.91 Å². The molecule has 2 aromatic carbocycles. The van der Waals surface area contributed by atoms with Crippen molar-refractivity contribution in [1.29, 1.82) is 0 Å². The van der Waals surface area contributed by atoms with Gasteiger partial charge in [0.15, 0.2) is 0 Å². The molecule has 0 unspecified atom stereocenters. The summed E-state index contributed by atoms with van der Waals surface area (Å²) in [6.07, 6.45) is 0. The van der Waals surface area contributed by atoms with E-state index in [2.05, 4.69) is 29.2 Å². The number of aryl methyl sites for hydroxylation is 1. The van der Waals surface area contributed by atoms with E-state index in [0.29, 0.717) is 13.1 Å². The number of carbonyl (C=O) groups excluding carboxylic acids is 1. The molecule has 1 atom stereocenters. The molecule has 0 fully saturated rings. The van der Waals surface area contributed by atoms with Crippen molar-refractivity contribution in [1.82, 2.24) is 9.88 Å². The van der Waals surface area contributed by atoms with E-state index in [1.165, 1.54) is 11.1 Å². The van der Waals surface area contributed by atoms with Gasteiger partial charge in [-0.3, -0.25) is 9.59 Å². The first-order chi connectivity index (χ1) is 12.6. The second-order valence-electron chi connectivity index (χ2n) is 6.73. The summed E-state index contributed by atoms with van der Waals surface area (Å²) in [7, 11) is 0. The van der Waals surface area contributed by atoms with Gasteiger partial charge in [0.05, 0.1) is 0 Å². The molecule has 4 nitrogen and oxygen atoms in total. The normalized spacial score (nSPS) is 16.2. The Morgan fingerprint density at radius 2 is 1.73 bits per heavy atom. The largest absolute Gasteiger partial charge is 0.333 e. The van der Waals surface area contributed by atoms with Gasteiger partial charge in [-0.25, -0.2) is 0 Å². The van der Waals surface area contributed by atoms with Crippen LogP contribution in [0.1, 0.15) is 38.7 Å². The molecule has 2 heterocycles. The maximum absolute atomic E-state index is 13.0. The lowest BCUT2D eigenvalue weighted by molar-refractivity contribution is 0.0723. The second kappa shape index (κ2) is 6.64. The van der Waals surface area contributed by atoms with Crippen molar-refractivity contribution in [3.8, 4) is 0 Å². The molecule has 3 aromatic rings. The first-order valence-electron chi connectivity index (χ1n) is 8.75. The number of nitrogens with zero attached hydrogens (tertiary/aromatic N) is 1. The number of aromatic amines is 1. The smallest absolute Gasteiger partial charge is 0.260 e. The Labute approximate surface area is 152 Å². The Balaban J connectivity index is 1.73. The number of hydrogen-bond acceptors (Lipinski definition) is 2. The minimum Gasteiger partial charge on any atom is -0.333 e. The lowest BCUT2D eigenvalue weighted by Gasteiger charge is -2.35. The summed E-state index contributed by atoms with van der Waals surface area (Å²) in [6, 6.07) is 21.8. The van der Waals surface area contributed by atoms with Gasteiger partial charge < -0.3 is 9.88 Å². The highest BCUT2D eigenvalue weighted by Gasteiger charge is 2.30. The maximum Gasteiger partial charge on any atom is 0.260 e. The van der Waals surface area contributed by atoms with Crippen LogP contribution < -0.4 is 5.56 Å². The van der Waals surface area contributed by atoms with E-state index in [1.807, 2.05) is 30.3 Å². The third kappa shape index (κ3) is 2.94. The average Bonchev–Trinajstić information content (AvgIpc) is 2.67. The Morgan fingerprint density at radius 3 is 2.50 bits per heavy atom. The summed E-state index contributed by atoms with van der Waals surface area (Å²) in [4.78, 5) is 29.7. The fraction of sp³-hybridized carbons (Fsp3) is 0.182. The van der Waals surface area contributed by atoms with Gasteiger partial charge in [-0.15, -0.1) is 0 Å². The van der Waals surface area contributed by atoms with Crippen LogP contribution in [-0.2, 0) is 6.54 Å². The predicted octanol–water partition coefficient (Wildman–Crippen LogP) is 3.47. The summed E-state index contributed by atoms with van der Waals surface area (Å²) >= 11 is 0. The number of amides is 1. The fourth-order valence-electron chi connectivity index (χ4n) is 3.64. The molecular formula is C22H20N2O2. The number of hydrogen-bond donors (Lipinski definition) is 1. The highest BCUT2D eigenvalue weighted by atomic mass is 16.2. The van der Waals surface area contributed by atoms with E-state index < -0.39 is 0 Å². The molecule has 1 aliphatic rings. The molecule has 0 aliphatic carbocycles. The van der Waals surface area contributed by atoms with Crippen LogP contribution in [0.5, 0.6) is 0 Å². The molecule has 1 amide bonds. The number of nitrogens with one attached hydrogen (secondary N) is 1. The lowest BCUT2D eigenvalue weighted by atomic mass is 9.84. The Hall–Kier alpha value is -3.14. The first kappa shape index (κ1) is 16.3. The fourth-order valence-corrected chi connectivity index (χ4v) is 3.64. The average molecular weight is 344 g/mol. The number of benzene rings is 2. The number of H-pyrrole nitrogens is 1. The van der Waals surface area contributed by atoms with Gasteiger partial charge in [0.25, 0.3) is 11.5 Å². The molecular weight excluding hydrogens is 324 g/mol.